The van der Waals surface area contributed by atoms with Gasteiger partial charge in [0.1, 0.15) is 0 Å². The Kier molecular flexibility index (Phi) is 5.58. The van der Waals surface area contributed by atoms with Crippen molar-refractivity contribution in [2.75, 3.05) is 0 Å². The number of aliphatic carboxylic acids is 1. The maximum atomic E-state index is 10.7. The van der Waals surface area contributed by atoms with E-state index in [4.69, 9.17) is 5.11 Å². The lowest BCUT2D eigenvalue weighted by molar-refractivity contribution is -0.133. The van der Waals surface area contributed by atoms with E-state index in [9.17, 15) is 4.79 Å². The van der Waals surface area contributed by atoms with Crippen LogP contribution in [0.4, 0.5) is 0 Å². The highest BCUT2D eigenvalue weighted by molar-refractivity contribution is 5.85. The smallest absolute Gasteiger partial charge is 0.331 e. The molecule has 0 saturated heterocycles. The SMILES string of the molecule is C=C(CC(C)N(C(C)C)C(C)C)C(=O)O. The predicted molar refractivity (Wildman–Crippen MR) is 63.0 cm³/mol. The summed E-state index contributed by atoms with van der Waals surface area (Å²) >= 11 is 0. The number of hydrogen-bond acceptors (Lipinski definition) is 2. The predicted octanol–water partition coefficient (Wildman–Crippen LogP) is 2.52. The van der Waals surface area contributed by atoms with Crippen molar-refractivity contribution in [1.29, 1.82) is 0 Å². The van der Waals surface area contributed by atoms with E-state index in [1.165, 1.54) is 0 Å². The molecule has 1 N–H and O–H groups in total. The number of carbonyl (C=O) groups is 1. The average Bonchev–Trinajstić information content (AvgIpc) is 2.01. The first-order valence-corrected chi connectivity index (χ1v) is 5.45. The van der Waals surface area contributed by atoms with Crippen LogP contribution in [0.2, 0.25) is 0 Å². The monoisotopic (exact) mass is 213 g/mol. The van der Waals surface area contributed by atoms with Gasteiger partial charge in [0.15, 0.2) is 0 Å². The third-order valence-electron chi connectivity index (χ3n) is 2.55. The Morgan fingerprint density at radius 1 is 1.20 bits per heavy atom. The Bertz CT molecular complexity index is 226. The topological polar surface area (TPSA) is 40.5 Å². The van der Waals surface area contributed by atoms with Crippen LogP contribution in [-0.4, -0.2) is 34.1 Å². The highest BCUT2D eigenvalue weighted by Gasteiger charge is 2.21. The minimum Gasteiger partial charge on any atom is -0.478 e. The van der Waals surface area contributed by atoms with Gasteiger partial charge in [-0.15, -0.1) is 0 Å². The fourth-order valence-corrected chi connectivity index (χ4v) is 2.16. The molecular formula is C12H23NO2. The van der Waals surface area contributed by atoms with E-state index in [2.05, 4.69) is 39.2 Å². The van der Waals surface area contributed by atoms with Gasteiger partial charge in [-0.25, -0.2) is 4.79 Å². The van der Waals surface area contributed by atoms with Crippen molar-refractivity contribution in [2.24, 2.45) is 0 Å². The third kappa shape index (κ3) is 4.47. The van der Waals surface area contributed by atoms with Crippen molar-refractivity contribution >= 4 is 5.97 Å². The summed E-state index contributed by atoms with van der Waals surface area (Å²) in [5.41, 5.74) is 0.286. The molecular weight excluding hydrogens is 190 g/mol. The van der Waals surface area contributed by atoms with Crippen LogP contribution < -0.4 is 0 Å². The molecule has 0 rings (SSSR count). The van der Waals surface area contributed by atoms with Gasteiger partial charge in [-0.2, -0.15) is 0 Å². The van der Waals surface area contributed by atoms with E-state index in [1.54, 1.807) is 0 Å². The van der Waals surface area contributed by atoms with Crippen molar-refractivity contribution in [2.45, 2.75) is 59.2 Å². The third-order valence-corrected chi connectivity index (χ3v) is 2.55. The van der Waals surface area contributed by atoms with Gasteiger partial charge in [0.05, 0.1) is 0 Å². The van der Waals surface area contributed by atoms with Gasteiger partial charge >= 0.3 is 5.97 Å². The molecule has 15 heavy (non-hydrogen) atoms. The molecule has 3 heteroatoms. The van der Waals surface area contributed by atoms with E-state index < -0.39 is 5.97 Å². The Morgan fingerprint density at radius 2 is 1.60 bits per heavy atom. The van der Waals surface area contributed by atoms with Crippen molar-refractivity contribution < 1.29 is 9.90 Å². The van der Waals surface area contributed by atoms with Gasteiger partial charge in [0.2, 0.25) is 0 Å². The number of carboxylic acid groups (broad SMARTS) is 1. The summed E-state index contributed by atoms with van der Waals surface area (Å²) in [4.78, 5) is 13.0. The van der Waals surface area contributed by atoms with E-state index in [1.807, 2.05) is 6.92 Å². The summed E-state index contributed by atoms with van der Waals surface area (Å²) in [5, 5.41) is 8.77. The second kappa shape index (κ2) is 5.91. The first-order chi connectivity index (χ1) is 6.77. The highest BCUT2D eigenvalue weighted by Crippen LogP contribution is 2.16. The molecule has 1 atom stereocenters. The zero-order valence-electron chi connectivity index (χ0n) is 10.4. The van der Waals surface area contributed by atoms with Crippen LogP contribution in [0.25, 0.3) is 0 Å². The molecule has 0 saturated carbocycles. The summed E-state index contributed by atoms with van der Waals surface area (Å²) in [5.74, 6) is -0.894. The van der Waals surface area contributed by atoms with Gasteiger partial charge in [0.25, 0.3) is 0 Å². The van der Waals surface area contributed by atoms with Gasteiger partial charge < -0.3 is 5.11 Å². The number of hydrogen-bond donors (Lipinski definition) is 1. The lowest BCUT2D eigenvalue weighted by Crippen LogP contribution is -2.44. The number of rotatable bonds is 6. The maximum absolute atomic E-state index is 10.7. The summed E-state index contributed by atoms with van der Waals surface area (Å²) in [6.07, 6.45) is 0.520. The zero-order chi connectivity index (χ0) is 12.2. The lowest BCUT2D eigenvalue weighted by Gasteiger charge is -2.36. The number of nitrogens with zero attached hydrogens (tertiary/aromatic N) is 1. The van der Waals surface area contributed by atoms with Gasteiger partial charge in [-0.05, 0) is 41.0 Å². The molecule has 0 aromatic carbocycles. The summed E-state index contributed by atoms with van der Waals surface area (Å²) < 4.78 is 0. The van der Waals surface area contributed by atoms with Crippen LogP contribution in [-0.2, 0) is 4.79 Å². The fraction of sp³-hybridized carbons (Fsp3) is 0.750. The Morgan fingerprint density at radius 3 is 1.87 bits per heavy atom. The molecule has 0 aliphatic carbocycles. The molecule has 0 aliphatic rings. The van der Waals surface area contributed by atoms with Crippen LogP contribution in [0.15, 0.2) is 12.2 Å². The lowest BCUT2D eigenvalue weighted by atomic mass is 10.0. The second-order valence-electron chi connectivity index (χ2n) is 4.60. The van der Waals surface area contributed by atoms with E-state index >= 15 is 0 Å². The fourth-order valence-electron chi connectivity index (χ4n) is 2.16. The van der Waals surface area contributed by atoms with Gasteiger partial charge in [-0.3, -0.25) is 4.90 Å². The molecule has 3 nitrogen and oxygen atoms in total. The van der Waals surface area contributed by atoms with Crippen LogP contribution in [0.1, 0.15) is 41.0 Å². The molecule has 0 heterocycles. The molecule has 0 aromatic heterocycles. The molecule has 0 aliphatic heterocycles. The maximum Gasteiger partial charge on any atom is 0.331 e. The minimum atomic E-state index is -0.894. The normalized spacial score (nSPS) is 13.6. The molecule has 0 spiro atoms. The molecule has 88 valence electrons. The minimum absolute atomic E-state index is 0.216. The molecule has 0 aromatic rings. The zero-order valence-corrected chi connectivity index (χ0v) is 10.4. The Hall–Kier alpha value is -0.830. The van der Waals surface area contributed by atoms with E-state index in [-0.39, 0.29) is 11.6 Å². The van der Waals surface area contributed by atoms with Crippen molar-refractivity contribution in [3.05, 3.63) is 12.2 Å². The average molecular weight is 213 g/mol. The van der Waals surface area contributed by atoms with Gasteiger partial charge in [-0.1, -0.05) is 6.58 Å². The summed E-state index contributed by atoms with van der Waals surface area (Å²) in [7, 11) is 0. The largest absolute Gasteiger partial charge is 0.478 e. The molecule has 1 unspecified atom stereocenters. The van der Waals surface area contributed by atoms with Crippen molar-refractivity contribution in [3.8, 4) is 0 Å². The second-order valence-corrected chi connectivity index (χ2v) is 4.60. The van der Waals surface area contributed by atoms with E-state index in [0.717, 1.165) is 0 Å². The van der Waals surface area contributed by atoms with Crippen LogP contribution in [0.3, 0.4) is 0 Å². The molecule has 0 amide bonds. The Balaban J connectivity index is 4.45. The summed E-state index contributed by atoms with van der Waals surface area (Å²) in [6.45, 7) is 14.1. The number of carboxylic acids is 1. The highest BCUT2D eigenvalue weighted by atomic mass is 16.4. The molecule has 0 fully saturated rings. The summed E-state index contributed by atoms with van der Waals surface area (Å²) in [6, 6.07) is 1.05. The van der Waals surface area contributed by atoms with Crippen LogP contribution >= 0.6 is 0 Å². The molecule has 0 radical (unpaired) electrons. The first-order valence-electron chi connectivity index (χ1n) is 5.45. The van der Waals surface area contributed by atoms with Crippen molar-refractivity contribution in [3.63, 3.8) is 0 Å². The van der Waals surface area contributed by atoms with Gasteiger partial charge in [0, 0.05) is 23.7 Å². The Labute approximate surface area is 92.8 Å². The van der Waals surface area contributed by atoms with E-state index in [0.29, 0.717) is 18.5 Å². The van der Waals surface area contributed by atoms with Crippen LogP contribution in [0.5, 0.6) is 0 Å². The standard InChI is InChI=1S/C12H23NO2/c1-8(2)13(9(3)4)11(6)7-10(5)12(14)15/h8-9,11H,5,7H2,1-4,6H3,(H,14,15). The quantitative estimate of drug-likeness (QED) is 0.689. The first kappa shape index (κ1) is 14.2. The van der Waals surface area contributed by atoms with Crippen molar-refractivity contribution in [1.82, 2.24) is 4.90 Å². The molecule has 0 bridgehead atoms. The van der Waals surface area contributed by atoms with Crippen LogP contribution in [0, 0.1) is 0 Å².